The van der Waals surface area contributed by atoms with Crippen LogP contribution in [0.4, 0.5) is 0 Å². The van der Waals surface area contributed by atoms with E-state index in [1.54, 1.807) is 0 Å². The quantitative estimate of drug-likeness (QED) is 0.599. The maximum atomic E-state index is 6.20. The van der Waals surface area contributed by atoms with Gasteiger partial charge in [0.15, 0.2) is 5.60 Å². The van der Waals surface area contributed by atoms with Crippen molar-refractivity contribution in [2.75, 3.05) is 0 Å². The summed E-state index contributed by atoms with van der Waals surface area (Å²) in [6.45, 7) is 7.89. The summed E-state index contributed by atoms with van der Waals surface area (Å²) in [6.07, 6.45) is 8.50. The number of benzene rings is 2. The van der Waals surface area contributed by atoms with Crippen LogP contribution in [0.5, 0.6) is 11.5 Å². The van der Waals surface area contributed by atoms with E-state index in [0.29, 0.717) is 5.75 Å². The second-order valence-corrected chi connectivity index (χ2v) is 8.11. The number of hydrogen-bond donors (Lipinski definition) is 0. The largest absolute Gasteiger partial charge is 0.487 e. The summed E-state index contributed by atoms with van der Waals surface area (Å²) < 4.78 is 12.1. The second kappa shape index (κ2) is 6.74. The number of terminal acetylenes is 1. The normalized spacial score (nSPS) is 17.2. The summed E-state index contributed by atoms with van der Waals surface area (Å²) in [5.41, 5.74) is 2.37. The average Bonchev–Trinajstić information content (AvgIpc) is 2.53. The van der Waals surface area contributed by atoms with Crippen molar-refractivity contribution < 1.29 is 9.47 Å². The van der Waals surface area contributed by atoms with Gasteiger partial charge in [0.05, 0.1) is 0 Å². The van der Waals surface area contributed by atoms with Crippen LogP contribution in [0.25, 0.3) is 11.6 Å². The molecule has 3 heteroatoms. The molecule has 2 aromatic carbocycles. The first-order valence-electron chi connectivity index (χ1n) is 8.64. The number of fused-ring (bicyclic) bond motifs is 1. The Morgan fingerprint density at radius 3 is 2.69 bits per heavy atom. The molecule has 0 bridgehead atoms. The van der Waals surface area contributed by atoms with Crippen molar-refractivity contribution in [3.05, 3.63) is 58.6 Å². The van der Waals surface area contributed by atoms with Crippen LogP contribution in [-0.4, -0.2) is 11.2 Å². The highest BCUT2D eigenvalue weighted by molar-refractivity contribution is 6.30. The van der Waals surface area contributed by atoms with Gasteiger partial charge in [-0.1, -0.05) is 35.7 Å². The van der Waals surface area contributed by atoms with E-state index >= 15 is 0 Å². The van der Waals surface area contributed by atoms with Gasteiger partial charge in [0.2, 0.25) is 0 Å². The molecule has 0 saturated heterocycles. The number of hydrogen-bond acceptors (Lipinski definition) is 2. The van der Waals surface area contributed by atoms with Gasteiger partial charge in [-0.05, 0) is 63.1 Å². The molecule has 0 radical (unpaired) electrons. The van der Waals surface area contributed by atoms with Crippen LogP contribution < -0.4 is 9.47 Å². The summed E-state index contributed by atoms with van der Waals surface area (Å²) in [5, 5.41) is 0.728. The maximum absolute atomic E-state index is 6.20. The molecule has 0 aliphatic carbocycles. The Morgan fingerprint density at radius 2 is 2.00 bits per heavy atom. The number of halogens is 1. The molecule has 1 aliphatic rings. The monoisotopic (exact) mass is 366 g/mol. The van der Waals surface area contributed by atoms with E-state index in [4.69, 9.17) is 27.5 Å². The van der Waals surface area contributed by atoms with Gasteiger partial charge in [-0.2, -0.15) is 0 Å². The lowest BCUT2D eigenvalue weighted by molar-refractivity contribution is 0.106. The Hall–Kier alpha value is -2.37. The molecule has 0 N–H and O–H groups in total. The first kappa shape index (κ1) is 18.4. The van der Waals surface area contributed by atoms with Gasteiger partial charge >= 0.3 is 0 Å². The van der Waals surface area contributed by atoms with E-state index in [0.717, 1.165) is 28.3 Å². The van der Waals surface area contributed by atoms with Gasteiger partial charge in [0, 0.05) is 23.1 Å². The zero-order valence-corrected chi connectivity index (χ0v) is 16.4. The minimum atomic E-state index is -0.669. The van der Waals surface area contributed by atoms with E-state index in [1.165, 1.54) is 5.57 Å². The third kappa shape index (κ3) is 4.23. The molecule has 1 aliphatic heterocycles. The van der Waals surface area contributed by atoms with Crippen molar-refractivity contribution in [3.63, 3.8) is 0 Å². The first-order chi connectivity index (χ1) is 12.2. The molecule has 3 rings (SSSR count). The lowest BCUT2D eigenvalue weighted by Gasteiger charge is -2.35. The Morgan fingerprint density at radius 1 is 1.23 bits per heavy atom. The summed E-state index contributed by atoms with van der Waals surface area (Å²) in [4.78, 5) is 0. The summed E-state index contributed by atoms with van der Waals surface area (Å²) in [7, 11) is 0. The Bertz CT molecular complexity index is 901. The standard InChI is InChI=1S/C23H23ClO2/c1-6-22(2,3)25-19-10-11-20-17(12-16-8-7-9-18(24)13-16)15-23(4,5)26-21(20)14-19/h1,7-14H,15H2,2-5H3/b17-12+. The summed E-state index contributed by atoms with van der Waals surface area (Å²) in [5.74, 6) is 4.15. The minimum Gasteiger partial charge on any atom is -0.487 e. The van der Waals surface area contributed by atoms with Crippen molar-refractivity contribution >= 4 is 23.3 Å². The van der Waals surface area contributed by atoms with Crippen LogP contribution in [0.15, 0.2) is 42.5 Å². The Labute approximate surface area is 160 Å². The van der Waals surface area contributed by atoms with Crippen molar-refractivity contribution in [1.29, 1.82) is 0 Å². The van der Waals surface area contributed by atoms with Crippen LogP contribution in [0.2, 0.25) is 5.02 Å². The van der Waals surface area contributed by atoms with Gasteiger partial charge in [0.1, 0.15) is 17.1 Å². The second-order valence-electron chi connectivity index (χ2n) is 7.68. The maximum Gasteiger partial charge on any atom is 0.163 e. The fraction of sp³-hybridized carbons (Fsp3) is 0.304. The fourth-order valence-electron chi connectivity index (χ4n) is 3.05. The average molecular weight is 367 g/mol. The third-order valence-corrected chi connectivity index (χ3v) is 4.45. The van der Waals surface area contributed by atoms with Gasteiger partial charge in [-0.3, -0.25) is 0 Å². The van der Waals surface area contributed by atoms with Crippen LogP contribution >= 0.6 is 11.6 Å². The number of ether oxygens (including phenoxy) is 2. The van der Waals surface area contributed by atoms with E-state index < -0.39 is 5.60 Å². The van der Waals surface area contributed by atoms with Crippen LogP contribution in [-0.2, 0) is 0 Å². The Kier molecular flexibility index (Phi) is 4.78. The van der Waals surface area contributed by atoms with E-state index in [-0.39, 0.29) is 5.60 Å². The molecule has 134 valence electrons. The van der Waals surface area contributed by atoms with Crippen molar-refractivity contribution in [3.8, 4) is 23.8 Å². The van der Waals surface area contributed by atoms with Gasteiger partial charge in [0.25, 0.3) is 0 Å². The highest BCUT2D eigenvalue weighted by Crippen LogP contribution is 2.43. The molecule has 0 atom stereocenters. The van der Waals surface area contributed by atoms with E-state index in [2.05, 4.69) is 25.8 Å². The Balaban J connectivity index is 2.02. The molecule has 1 heterocycles. The first-order valence-corrected chi connectivity index (χ1v) is 9.02. The highest BCUT2D eigenvalue weighted by atomic mass is 35.5. The fourth-order valence-corrected chi connectivity index (χ4v) is 3.25. The lowest BCUT2D eigenvalue weighted by atomic mass is 9.88. The van der Waals surface area contributed by atoms with Crippen LogP contribution in [0, 0.1) is 12.3 Å². The smallest absolute Gasteiger partial charge is 0.163 e. The van der Waals surface area contributed by atoms with Gasteiger partial charge < -0.3 is 9.47 Å². The van der Waals surface area contributed by atoms with Crippen molar-refractivity contribution in [2.24, 2.45) is 0 Å². The van der Waals surface area contributed by atoms with Gasteiger partial charge in [-0.15, -0.1) is 6.42 Å². The SMILES string of the molecule is C#CC(C)(C)Oc1ccc2c(c1)OC(C)(C)C/C2=C\c1cccc(Cl)c1. The molecule has 26 heavy (non-hydrogen) atoms. The predicted molar refractivity (Wildman–Crippen MR) is 109 cm³/mol. The van der Waals surface area contributed by atoms with E-state index in [1.807, 2.05) is 56.3 Å². The molecular weight excluding hydrogens is 344 g/mol. The summed E-state index contributed by atoms with van der Waals surface area (Å²) in [6, 6.07) is 13.7. The number of rotatable bonds is 3. The molecule has 0 fully saturated rings. The topological polar surface area (TPSA) is 18.5 Å². The molecule has 2 aromatic rings. The van der Waals surface area contributed by atoms with Crippen LogP contribution in [0.3, 0.4) is 0 Å². The van der Waals surface area contributed by atoms with E-state index in [9.17, 15) is 0 Å². The van der Waals surface area contributed by atoms with Crippen molar-refractivity contribution in [2.45, 2.75) is 45.3 Å². The molecule has 0 amide bonds. The summed E-state index contributed by atoms with van der Waals surface area (Å²) >= 11 is 6.13. The zero-order valence-electron chi connectivity index (χ0n) is 15.6. The molecule has 0 saturated carbocycles. The van der Waals surface area contributed by atoms with Gasteiger partial charge in [-0.25, -0.2) is 0 Å². The molecule has 0 aromatic heterocycles. The predicted octanol–water partition coefficient (Wildman–Crippen LogP) is 6.23. The van der Waals surface area contributed by atoms with Crippen molar-refractivity contribution in [1.82, 2.24) is 0 Å². The molecule has 2 nitrogen and oxygen atoms in total. The molecule has 0 unspecified atom stereocenters. The highest BCUT2D eigenvalue weighted by Gasteiger charge is 2.30. The molecular formula is C23H23ClO2. The molecule has 0 spiro atoms. The zero-order chi connectivity index (χ0) is 18.9. The van der Waals surface area contributed by atoms with Crippen LogP contribution in [0.1, 0.15) is 45.2 Å². The lowest BCUT2D eigenvalue weighted by Crippen LogP contribution is -2.32. The minimum absolute atomic E-state index is 0.308. The third-order valence-electron chi connectivity index (χ3n) is 4.21.